The van der Waals surface area contributed by atoms with Crippen molar-refractivity contribution in [1.82, 2.24) is 9.88 Å². The van der Waals surface area contributed by atoms with Crippen LogP contribution in [0.3, 0.4) is 0 Å². The van der Waals surface area contributed by atoms with Crippen molar-refractivity contribution in [2.24, 2.45) is 5.92 Å². The van der Waals surface area contributed by atoms with Gasteiger partial charge in [-0.25, -0.2) is 0 Å². The van der Waals surface area contributed by atoms with Gasteiger partial charge >= 0.3 is 5.97 Å². The fourth-order valence-electron chi connectivity index (χ4n) is 3.21. The standard InChI is InChI=1S/C20H20N2O5/c1-3-27-20(25)16-17(14-5-4-10-21-11-14)22(19(24)18(16)23)12-13-6-8-15(26-2)9-7-13/h4-11,16-17H,3,12H2,1-2H3/t16-,17+/m0/s1. The van der Waals surface area contributed by atoms with Crippen molar-refractivity contribution in [3.05, 3.63) is 59.9 Å². The number of nitrogens with zero attached hydrogens (tertiary/aromatic N) is 2. The van der Waals surface area contributed by atoms with Gasteiger partial charge in [-0.3, -0.25) is 19.4 Å². The van der Waals surface area contributed by atoms with E-state index in [2.05, 4.69) is 4.98 Å². The number of esters is 1. The average Bonchev–Trinajstić information content (AvgIpc) is 2.94. The van der Waals surface area contributed by atoms with Crippen LogP contribution >= 0.6 is 0 Å². The first-order chi connectivity index (χ1) is 13.1. The number of pyridine rings is 1. The highest BCUT2D eigenvalue weighted by atomic mass is 16.5. The van der Waals surface area contributed by atoms with Crippen LogP contribution in [-0.4, -0.2) is 41.3 Å². The number of hydrogen-bond donors (Lipinski definition) is 0. The molecule has 7 heteroatoms. The number of rotatable bonds is 6. The topological polar surface area (TPSA) is 85.8 Å². The predicted octanol–water partition coefficient (Wildman–Crippen LogP) is 1.92. The first-order valence-corrected chi connectivity index (χ1v) is 8.61. The quantitative estimate of drug-likeness (QED) is 0.440. The van der Waals surface area contributed by atoms with E-state index in [-0.39, 0.29) is 13.2 Å². The Balaban J connectivity index is 1.97. The number of methoxy groups -OCH3 is 1. The van der Waals surface area contributed by atoms with Crippen LogP contribution in [0.2, 0.25) is 0 Å². The van der Waals surface area contributed by atoms with Crippen LogP contribution in [0.4, 0.5) is 0 Å². The normalized spacial score (nSPS) is 19.3. The molecule has 0 unspecified atom stereocenters. The summed E-state index contributed by atoms with van der Waals surface area (Å²) >= 11 is 0. The monoisotopic (exact) mass is 368 g/mol. The minimum Gasteiger partial charge on any atom is -0.497 e. The lowest BCUT2D eigenvalue weighted by Gasteiger charge is -2.26. The van der Waals surface area contributed by atoms with E-state index < -0.39 is 29.6 Å². The average molecular weight is 368 g/mol. The Morgan fingerprint density at radius 2 is 1.93 bits per heavy atom. The van der Waals surface area contributed by atoms with Crippen molar-refractivity contribution < 1.29 is 23.9 Å². The number of benzene rings is 1. The maximum atomic E-state index is 12.7. The number of carbonyl (C=O) groups is 3. The molecule has 1 amide bonds. The Morgan fingerprint density at radius 1 is 1.19 bits per heavy atom. The number of carbonyl (C=O) groups excluding carboxylic acids is 3. The summed E-state index contributed by atoms with van der Waals surface area (Å²) in [6.07, 6.45) is 3.15. The van der Waals surface area contributed by atoms with Gasteiger partial charge in [0, 0.05) is 18.9 Å². The molecule has 2 aromatic rings. The molecule has 1 aliphatic rings. The third-order valence-corrected chi connectivity index (χ3v) is 4.48. The van der Waals surface area contributed by atoms with Crippen LogP contribution in [0, 0.1) is 5.92 Å². The summed E-state index contributed by atoms with van der Waals surface area (Å²) in [5, 5.41) is 0. The summed E-state index contributed by atoms with van der Waals surface area (Å²) in [7, 11) is 1.57. The molecule has 0 radical (unpaired) electrons. The Labute approximate surface area is 156 Å². The Bertz CT molecular complexity index is 835. The van der Waals surface area contributed by atoms with E-state index in [1.54, 1.807) is 50.7 Å². The van der Waals surface area contributed by atoms with E-state index in [1.807, 2.05) is 12.1 Å². The van der Waals surface area contributed by atoms with Crippen LogP contribution in [0.5, 0.6) is 5.75 Å². The van der Waals surface area contributed by atoms with Crippen LogP contribution in [-0.2, 0) is 25.7 Å². The highest BCUT2D eigenvalue weighted by molar-refractivity contribution is 6.42. The molecule has 2 heterocycles. The maximum Gasteiger partial charge on any atom is 0.319 e. The van der Waals surface area contributed by atoms with E-state index >= 15 is 0 Å². The molecule has 27 heavy (non-hydrogen) atoms. The molecule has 0 N–H and O–H groups in total. The largest absolute Gasteiger partial charge is 0.497 e. The van der Waals surface area contributed by atoms with Crippen molar-refractivity contribution in [1.29, 1.82) is 0 Å². The molecule has 0 bridgehead atoms. The molecule has 0 spiro atoms. The Kier molecular flexibility index (Phi) is 5.49. The smallest absolute Gasteiger partial charge is 0.319 e. The minimum atomic E-state index is -1.19. The van der Waals surface area contributed by atoms with Crippen molar-refractivity contribution in [3.8, 4) is 5.75 Å². The van der Waals surface area contributed by atoms with Crippen molar-refractivity contribution in [3.63, 3.8) is 0 Å². The molecular formula is C20H20N2O5. The first kappa shape index (κ1) is 18.6. The summed E-state index contributed by atoms with van der Waals surface area (Å²) in [6.45, 7) is 1.98. The van der Waals surface area contributed by atoms with Gasteiger partial charge < -0.3 is 14.4 Å². The van der Waals surface area contributed by atoms with E-state index in [0.717, 1.165) is 5.56 Å². The van der Waals surface area contributed by atoms with Crippen molar-refractivity contribution in [2.45, 2.75) is 19.5 Å². The van der Waals surface area contributed by atoms with E-state index in [9.17, 15) is 14.4 Å². The Hall–Kier alpha value is -3.22. The van der Waals surface area contributed by atoms with Gasteiger partial charge in [-0.1, -0.05) is 18.2 Å². The number of ether oxygens (including phenoxy) is 2. The van der Waals surface area contributed by atoms with Crippen LogP contribution < -0.4 is 4.74 Å². The second-order valence-corrected chi connectivity index (χ2v) is 6.11. The zero-order valence-electron chi connectivity index (χ0n) is 15.1. The van der Waals surface area contributed by atoms with Crippen LogP contribution in [0.1, 0.15) is 24.1 Å². The molecule has 1 fully saturated rings. The second-order valence-electron chi connectivity index (χ2n) is 6.11. The first-order valence-electron chi connectivity index (χ1n) is 8.61. The molecule has 1 aromatic carbocycles. The van der Waals surface area contributed by atoms with Gasteiger partial charge in [0.05, 0.1) is 19.8 Å². The summed E-state index contributed by atoms with van der Waals surface area (Å²) in [4.78, 5) is 43.1. The van der Waals surface area contributed by atoms with Gasteiger partial charge in [-0.15, -0.1) is 0 Å². The molecule has 1 aromatic heterocycles. The third kappa shape index (κ3) is 3.67. The van der Waals surface area contributed by atoms with Gasteiger partial charge in [0.1, 0.15) is 11.7 Å². The summed E-state index contributed by atoms with van der Waals surface area (Å²) in [5.41, 5.74) is 1.43. The van der Waals surface area contributed by atoms with Crippen molar-refractivity contribution >= 4 is 17.7 Å². The maximum absolute atomic E-state index is 12.7. The fourth-order valence-corrected chi connectivity index (χ4v) is 3.21. The molecule has 0 aliphatic carbocycles. The number of aromatic nitrogens is 1. The highest BCUT2D eigenvalue weighted by Gasteiger charge is 2.52. The number of likely N-dealkylation sites (tertiary alicyclic amines) is 1. The van der Waals surface area contributed by atoms with Crippen LogP contribution in [0.15, 0.2) is 48.8 Å². The fraction of sp³-hybridized carbons (Fsp3) is 0.300. The zero-order valence-corrected chi connectivity index (χ0v) is 15.1. The van der Waals surface area contributed by atoms with Gasteiger partial charge in [-0.05, 0) is 36.2 Å². The van der Waals surface area contributed by atoms with Gasteiger partial charge in [-0.2, -0.15) is 0 Å². The Morgan fingerprint density at radius 3 is 2.52 bits per heavy atom. The van der Waals surface area contributed by atoms with Crippen LogP contribution in [0.25, 0.3) is 0 Å². The lowest BCUT2D eigenvalue weighted by atomic mass is 9.94. The summed E-state index contributed by atoms with van der Waals surface area (Å²) < 4.78 is 10.2. The van der Waals surface area contributed by atoms with Gasteiger partial charge in [0.15, 0.2) is 0 Å². The number of Topliss-reactive ketones (excluding diaryl/α,β-unsaturated/α-hetero) is 1. The lowest BCUT2D eigenvalue weighted by Crippen LogP contribution is -2.31. The highest BCUT2D eigenvalue weighted by Crippen LogP contribution is 2.37. The molecule has 3 rings (SSSR count). The summed E-state index contributed by atoms with van der Waals surface area (Å²) in [5.74, 6) is -2.65. The lowest BCUT2D eigenvalue weighted by molar-refractivity contribution is -0.152. The molecule has 7 nitrogen and oxygen atoms in total. The van der Waals surface area contributed by atoms with Gasteiger partial charge in [0.25, 0.3) is 5.91 Å². The predicted molar refractivity (Wildman–Crippen MR) is 95.7 cm³/mol. The van der Waals surface area contributed by atoms with Crippen molar-refractivity contribution in [2.75, 3.05) is 13.7 Å². The second kappa shape index (κ2) is 7.99. The summed E-state index contributed by atoms with van der Waals surface area (Å²) in [6, 6.07) is 9.88. The zero-order chi connectivity index (χ0) is 19.4. The number of amides is 1. The molecule has 2 atom stereocenters. The van der Waals surface area contributed by atoms with E-state index in [1.165, 1.54) is 4.90 Å². The molecule has 140 valence electrons. The third-order valence-electron chi connectivity index (χ3n) is 4.48. The van der Waals surface area contributed by atoms with E-state index in [4.69, 9.17) is 9.47 Å². The van der Waals surface area contributed by atoms with E-state index in [0.29, 0.717) is 11.3 Å². The number of ketones is 1. The molecule has 1 aliphatic heterocycles. The van der Waals surface area contributed by atoms with Gasteiger partial charge in [0.2, 0.25) is 5.78 Å². The number of hydrogen-bond acceptors (Lipinski definition) is 6. The molecule has 1 saturated heterocycles. The molecular weight excluding hydrogens is 348 g/mol. The minimum absolute atomic E-state index is 0.134. The SMILES string of the molecule is CCOC(=O)[C@@H]1C(=O)C(=O)N(Cc2ccc(OC)cc2)[C@@H]1c1cccnc1. The molecule has 0 saturated carbocycles.